The molecule has 0 saturated carbocycles. The van der Waals surface area contributed by atoms with Gasteiger partial charge in [0, 0.05) is 62.8 Å². The van der Waals surface area contributed by atoms with Crippen molar-refractivity contribution >= 4 is 67.9 Å². The third-order valence-corrected chi connectivity index (χ3v) is 10.0. The van der Waals surface area contributed by atoms with Crippen molar-refractivity contribution in [3.05, 3.63) is 170 Å². The van der Waals surface area contributed by atoms with Crippen LogP contribution in [0.5, 0.6) is 0 Å². The van der Waals surface area contributed by atoms with Gasteiger partial charge in [-0.25, -0.2) is 4.68 Å². The minimum atomic E-state index is 0.738. The first-order valence-electron chi connectivity index (χ1n) is 17.8. The Morgan fingerprint density at radius 2 is 0.925 bits per heavy atom. The zero-order chi connectivity index (χ0) is 35.6. The van der Waals surface area contributed by atoms with Crippen LogP contribution in [0, 0.1) is 0 Å². The summed E-state index contributed by atoms with van der Waals surface area (Å²) in [6.07, 6.45) is 0.923. The molecule has 0 aliphatic carbocycles. The Morgan fingerprint density at radius 1 is 0.509 bits per heavy atom. The summed E-state index contributed by atoms with van der Waals surface area (Å²) in [5.41, 5.74) is 14.0. The standard InChI is InChI=1S/C45H35N7S/c1-2-31-50-45-41(33-25-29-39(30-26-33)52(36-19-11-5-12-20-36)37-21-13-6-14-22-37)43-42(47-53-48-43)40(44(45)46-49-50)32-23-27-38(28-24-32)51(34-15-7-3-8-16-34)35-17-9-4-10-18-35/h3-30H,2,31H2,1H3. The normalized spacial score (nSPS) is 11.3. The molecule has 2 aromatic heterocycles. The fraction of sp³-hybridized carbons (Fsp3) is 0.0667. The number of fused-ring (bicyclic) bond motifs is 2. The smallest absolute Gasteiger partial charge is 0.279 e. The molecule has 0 bridgehead atoms. The Labute approximate surface area is 312 Å². The number of benzene rings is 7. The molecule has 9 aromatic rings. The van der Waals surface area contributed by atoms with Gasteiger partial charge in [0.15, 0.2) is 0 Å². The van der Waals surface area contributed by atoms with Crippen molar-refractivity contribution < 1.29 is 0 Å². The lowest BCUT2D eigenvalue weighted by Crippen LogP contribution is -2.09. The Bertz CT molecular complexity index is 2530. The van der Waals surface area contributed by atoms with Crippen LogP contribution in [0.1, 0.15) is 13.3 Å². The van der Waals surface area contributed by atoms with Crippen LogP contribution in [0.15, 0.2) is 170 Å². The maximum absolute atomic E-state index is 4.93. The molecule has 0 radical (unpaired) electrons. The quantitative estimate of drug-likeness (QED) is 0.132. The topological polar surface area (TPSA) is 64.2 Å². The van der Waals surface area contributed by atoms with E-state index in [-0.39, 0.29) is 0 Å². The second kappa shape index (κ2) is 14.2. The number of rotatable bonds is 10. The van der Waals surface area contributed by atoms with Gasteiger partial charge in [0.25, 0.3) is 11.7 Å². The molecule has 0 unspecified atom stereocenters. The van der Waals surface area contributed by atoms with Crippen LogP contribution in [-0.2, 0) is 6.54 Å². The van der Waals surface area contributed by atoms with Gasteiger partial charge in [0.05, 0.1) is 5.52 Å². The third-order valence-electron chi connectivity index (χ3n) is 9.49. The monoisotopic (exact) mass is 705 g/mol. The fourth-order valence-electron chi connectivity index (χ4n) is 7.14. The molecule has 0 spiro atoms. The molecule has 9 rings (SSSR count). The van der Waals surface area contributed by atoms with Gasteiger partial charge in [-0.05, 0) is 90.3 Å². The molecule has 0 aliphatic rings. The maximum atomic E-state index is 4.93. The molecular weight excluding hydrogens is 671 g/mol. The maximum Gasteiger partial charge on any atom is 0.279 e. The fourth-order valence-corrected chi connectivity index (χ4v) is 7.70. The van der Waals surface area contributed by atoms with Gasteiger partial charge in [0.2, 0.25) is 0 Å². The molecular formula is C45H35N7S. The summed E-state index contributed by atoms with van der Waals surface area (Å²) < 4.78 is 11.9. The summed E-state index contributed by atoms with van der Waals surface area (Å²) in [5.74, 6) is 0. The number of aryl methyl sites for hydroxylation is 1. The average Bonchev–Trinajstić information content (AvgIpc) is 3.88. The lowest BCUT2D eigenvalue weighted by Gasteiger charge is -2.26. The van der Waals surface area contributed by atoms with E-state index in [1.807, 2.05) is 28.9 Å². The van der Waals surface area contributed by atoms with Crippen molar-refractivity contribution in [1.29, 1.82) is 0 Å². The second-order valence-corrected chi connectivity index (χ2v) is 13.4. The summed E-state index contributed by atoms with van der Waals surface area (Å²) in [6.45, 7) is 2.90. The van der Waals surface area contributed by atoms with Gasteiger partial charge in [0.1, 0.15) is 5.52 Å². The van der Waals surface area contributed by atoms with Crippen molar-refractivity contribution in [1.82, 2.24) is 23.7 Å². The van der Waals surface area contributed by atoms with E-state index in [0.717, 1.165) is 91.4 Å². The molecule has 2 heterocycles. The van der Waals surface area contributed by atoms with Crippen LogP contribution in [-0.4, -0.2) is 19.4 Å². The highest BCUT2D eigenvalue weighted by molar-refractivity contribution is 7.00. The summed E-state index contributed by atoms with van der Waals surface area (Å²) >= 11 is 1.24. The largest absolute Gasteiger partial charge is 0.311 e. The van der Waals surface area contributed by atoms with Crippen LogP contribution >= 0.6 is 11.7 Å². The van der Waals surface area contributed by atoms with Crippen molar-refractivity contribution in [2.75, 3.05) is 9.80 Å². The van der Waals surface area contributed by atoms with Crippen LogP contribution in [0.2, 0.25) is 0 Å². The van der Waals surface area contributed by atoms with Crippen LogP contribution in [0.25, 0.3) is 44.3 Å². The van der Waals surface area contributed by atoms with E-state index in [9.17, 15) is 0 Å². The molecule has 0 N–H and O–H groups in total. The Kier molecular flexibility index (Phi) is 8.63. The summed E-state index contributed by atoms with van der Waals surface area (Å²) in [5, 5.41) is 9.55. The van der Waals surface area contributed by atoms with E-state index >= 15 is 0 Å². The molecule has 8 heteroatoms. The first kappa shape index (κ1) is 32.3. The summed E-state index contributed by atoms with van der Waals surface area (Å²) in [6, 6.07) is 59.2. The van der Waals surface area contributed by atoms with Crippen molar-refractivity contribution in [3.63, 3.8) is 0 Å². The molecule has 256 valence electrons. The van der Waals surface area contributed by atoms with Gasteiger partial charge in [-0.15, -0.1) is 5.10 Å². The molecule has 7 aromatic carbocycles. The molecule has 7 nitrogen and oxygen atoms in total. The van der Waals surface area contributed by atoms with Crippen molar-refractivity contribution in [2.45, 2.75) is 19.9 Å². The lowest BCUT2D eigenvalue weighted by atomic mass is 9.94. The number of para-hydroxylation sites is 4. The van der Waals surface area contributed by atoms with Crippen LogP contribution < -0.4 is 14.2 Å². The SMILES string of the molecule is CCCn1nnc2c(-c3ccc(N(c4ccccc4)c4ccccc4)cc3)c3[n-][s+]nc3c(-c3ccc(N(c4ccccc4)c4ccccc4)cc3)c21. The molecule has 0 atom stereocenters. The predicted octanol–water partition coefficient (Wildman–Crippen LogP) is 12.0. The number of aromatic nitrogens is 5. The molecule has 0 fully saturated rings. The van der Waals surface area contributed by atoms with Crippen LogP contribution in [0.3, 0.4) is 0 Å². The minimum absolute atomic E-state index is 0.738. The van der Waals surface area contributed by atoms with Gasteiger partial charge < -0.3 is 9.80 Å². The van der Waals surface area contributed by atoms with E-state index in [2.05, 4.69) is 162 Å². The number of hydrogen-bond acceptors (Lipinski definition) is 5. The first-order chi connectivity index (χ1) is 26.3. The summed E-state index contributed by atoms with van der Waals surface area (Å²) in [7, 11) is 0. The van der Waals surface area contributed by atoms with Crippen molar-refractivity contribution in [3.8, 4) is 22.3 Å². The highest BCUT2D eigenvalue weighted by Crippen LogP contribution is 2.44. The van der Waals surface area contributed by atoms with E-state index in [0.29, 0.717) is 0 Å². The molecule has 0 amide bonds. The van der Waals surface area contributed by atoms with Crippen molar-refractivity contribution in [2.24, 2.45) is 0 Å². The highest BCUT2D eigenvalue weighted by atomic mass is 32.1. The van der Waals surface area contributed by atoms with Gasteiger partial charge in [-0.3, -0.25) is 0 Å². The van der Waals surface area contributed by atoms with Gasteiger partial charge >= 0.3 is 0 Å². The lowest BCUT2D eigenvalue weighted by molar-refractivity contribution is 0.596. The number of hydrogen-bond donors (Lipinski definition) is 0. The van der Waals surface area contributed by atoms with Gasteiger partial charge in [-0.1, -0.05) is 109 Å². The molecule has 0 saturated heterocycles. The first-order valence-corrected chi connectivity index (χ1v) is 18.5. The number of nitrogens with zero attached hydrogens (tertiary/aromatic N) is 7. The third kappa shape index (κ3) is 5.99. The van der Waals surface area contributed by atoms with E-state index < -0.39 is 0 Å². The Morgan fingerprint density at radius 3 is 1.36 bits per heavy atom. The second-order valence-electron chi connectivity index (χ2n) is 12.8. The van der Waals surface area contributed by atoms with Crippen LogP contribution in [0.4, 0.5) is 34.1 Å². The highest BCUT2D eigenvalue weighted by Gasteiger charge is 2.23. The van der Waals surface area contributed by atoms with E-state index in [4.69, 9.17) is 19.1 Å². The Balaban J connectivity index is 1.17. The van der Waals surface area contributed by atoms with E-state index in [1.54, 1.807) is 0 Å². The van der Waals surface area contributed by atoms with Gasteiger partial charge in [-0.2, -0.15) is 8.75 Å². The average molecular weight is 706 g/mol. The molecule has 53 heavy (non-hydrogen) atoms. The van der Waals surface area contributed by atoms with E-state index in [1.165, 1.54) is 11.7 Å². The zero-order valence-electron chi connectivity index (χ0n) is 29.1. The molecule has 0 aliphatic heterocycles. The summed E-state index contributed by atoms with van der Waals surface area (Å²) in [4.78, 5) is 4.53. The zero-order valence-corrected chi connectivity index (χ0v) is 29.9. The Hall–Kier alpha value is -6.64. The predicted molar refractivity (Wildman–Crippen MR) is 219 cm³/mol. The minimum Gasteiger partial charge on any atom is -0.311 e. The number of anilines is 6.